The summed E-state index contributed by atoms with van der Waals surface area (Å²) in [6, 6.07) is 12.7. The van der Waals surface area contributed by atoms with Gasteiger partial charge in [0.2, 0.25) is 0 Å². The number of halogens is 1. The van der Waals surface area contributed by atoms with Crippen LogP contribution in [-0.2, 0) is 6.54 Å². The molecule has 4 heteroatoms. The quantitative estimate of drug-likeness (QED) is 0.609. The van der Waals surface area contributed by atoms with Gasteiger partial charge in [0.05, 0.1) is 22.5 Å². The van der Waals surface area contributed by atoms with Gasteiger partial charge in [-0.15, -0.1) is 11.3 Å². The second kappa shape index (κ2) is 6.02. The van der Waals surface area contributed by atoms with Crippen molar-refractivity contribution in [1.29, 1.82) is 0 Å². The van der Waals surface area contributed by atoms with Gasteiger partial charge >= 0.3 is 0 Å². The fourth-order valence-electron chi connectivity index (χ4n) is 2.28. The molecule has 3 aromatic rings. The average Bonchev–Trinajstić information content (AvgIpc) is 3.04. The van der Waals surface area contributed by atoms with Crippen LogP contribution in [0.15, 0.2) is 46.4 Å². The standard InChI is InChI=1S/C16H16BrNOS/c1-2-10-19-15-5-3-4-14-13(15)8-9-18(14)11-12-6-7-16(17)20-12/h3-9H,2,10-11H2,1H3. The lowest BCUT2D eigenvalue weighted by atomic mass is 10.2. The van der Waals surface area contributed by atoms with Crippen molar-refractivity contribution in [3.8, 4) is 5.75 Å². The van der Waals surface area contributed by atoms with Gasteiger partial charge in [-0.05, 0) is 52.7 Å². The highest BCUT2D eigenvalue weighted by Gasteiger charge is 2.07. The first kappa shape index (κ1) is 13.7. The Morgan fingerprint density at radius 3 is 2.85 bits per heavy atom. The second-order valence-electron chi connectivity index (χ2n) is 4.69. The molecule has 0 spiro atoms. The smallest absolute Gasteiger partial charge is 0.128 e. The van der Waals surface area contributed by atoms with Crippen LogP contribution in [0.2, 0.25) is 0 Å². The van der Waals surface area contributed by atoms with Crippen LogP contribution in [0.3, 0.4) is 0 Å². The molecule has 0 unspecified atom stereocenters. The zero-order chi connectivity index (χ0) is 13.9. The highest BCUT2D eigenvalue weighted by atomic mass is 79.9. The number of fused-ring (bicyclic) bond motifs is 1. The summed E-state index contributed by atoms with van der Waals surface area (Å²) in [6.07, 6.45) is 3.16. The monoisotopic (exact) mass is 349 g/mol. The first-order valence-electron chi connectivity index (χ1n) is 6.73. The van der Waals surface area contributed by atoms with E-state index >= 15 is 0 Å². The number of hydrogen-bond donors (Lipinski definition) is 0. The Labute approximate surface area is 131 Å². The van der Waals surface area contributed by atoms with E-state index in [0.29, 0.717) is 0 Å². The van der Waals surface area contributed by atoms with Crippen molar-refractivity contribution >= 4 is 38.2 Å². The molecule has 0 aliphatic rings. The SMILES string of the molecule is CCCOc1cccc2c1ccn2Cc1ccc(Br)s1. The summed E-state index contributed by atoms with van der Waals surface area (Å²) in [6.45, 7) is 3.79. The van der Waals surface area contributed by atoms with Crippen LogP contribution in [0.1, 0.15) is 18.2 Å². The third-order valence-corrected chi connectivity index (χ3v) is 4.80. The Bertz CT molecular complexity index is 716. The molecule has 104 valence electrons. The molecule has 3 rings (SSSR count). The number of benzene rings is 1. The van der Waals surface area contributed by atoms with Gasteiger partial charge in [0.1, 0.15) is 5.75 Å². The van der Waals surface area contributed by atoms with Crippen LogP contribution in [0.4, 0.5) is 0 Å². The fourth-order valence-corrected chi connectivity index (χ4v) is 3.76. The Morgan fingerprint density at radius 1 is 1.20 bits per heavy atom. The summed E-state index contributed by atoms with van der Waals surface area (Å²) < 4.78 is 9.26. The van der Waals surface area contributed by atoms with Crippen molar-refractivity contribution in [3.63, 3.8) is 0 Å². The third kappa shape index (κ3) is 2.76. The maximum Gasteiger partial charge on any atom is 0.128 e. The molecular weight excluding hydrogens is 334 g/mol. The molecule has 0 N–H and O–H groups in total. The van der Waals surface area contributed by atoms with Crippen LogP contribution >= 0.6 is 27.3 Å². The van der Waals surface area contributed by atoms with Gasteiger partial charge in [0.15, 0.2) is 0 Å². The van der Waals surface area contributed by atoms with E-state index < -0.39 is 0 Å². The lowest BCUT2D eigenvalue weighted by Crippen LogP contribution is -1.97. The van der Waals surface area contributed by atoms with E-state index in [1.165, 1.54) is 19.6 Å². The maximum absolute atomic E-state index is 5.82. The summed E-state index contributed by atoms with van der Waals surface area (Å²) in [4.78, 5) is 1.34. The lowest BCUT2D eigenvalue weighted by Gasteiger charge is -2.07. The minimum Gasteiger partial charge on any atom is -0.493 e. The molecule has 0 saturated heterocycles. The van der Waals surface area contributed by atoms with Gasteiger partial charge in [-0.1, -0.05) is 13.0 Å². The van der Waals surface area contributed by atoms with Gasteiger partial charge in [0, 0.05) is 16.5 Å². The van der Waals surface area contributed by atoms with E-state index in [2.05, 4.69) is 63.9 Å². The molecule has 1 aromatic carbocycles. The lowest BCUT2D eigenvalue weighted by molar-refractivity contribution is 0.321. The van der Waals surface area contributed by atoms with Crippen molar-refractivity contribution in [2.45, 2.75) is 19.9 Å². The number of thiophene rings is 1. The molecule has 0 atom stereocenters. The topological polar surface area (TPSA) is 14.2 Å². The minimum absolute atomic E-state index is 0.766. The highest BCUT2D eigenvalue weighted by Crippen LogP contribution is 2.29. The Kier molecular flexibility index (Phi) is 4.13. The molecule has 0 aliphatic carbocycles. The van der Waals surface area contributed by atoms with Gasteiger partial charge in [-0.25, -0.2) is 0 Å². The molecule has 0 radical (unpaired) electrons. The predicted octanol–water partition coefficient (Wildman–Crippen LogP) is 5.30. The van der Waals surface area contributed by atoms with Crippen molar-refractivity contribution < 1.29 is 4.74 Å². The Hall–Kier alpha value is -1.26. The average molecular weight is 350 g/mol. The van der Waals surface area contributed by atoms with Crippen molar-refractivity contribution in [3.05, 3.63) is 51.3 Å². The van der Waals surface area contributed by atoms with E-state index in [1.54, 1.807) is 11.3 Å². The molecule has 2 aromatic heterocycles. The Balaban J connectivity index is 1.92. The number of ether oxygens (including phenoxy) is 1. The van der Waals surface area contributed by atoms with Gasteiger partial charge in [-0.3, -0.25) is 0 Å². The van der Waals surface area contributed by atoms with Crippen molar-refractivity contribution in [2.24, 2.45) is 0 Å². The molecule has 0 aliphatic heterocycles. The summed E-state index contributed by atoms with van der Waals surface area (Å²) in [5.74, 6) is 0.982. The molecule has 0 saturated carbocycles. The molecule has 0 amide bonds. The number of rotatable bonds is 5. The van der Waals surface area contributed by atoms with Gasteiger partial charge in [-0.2, -0.15) is 0 Å². The normalized spacial score (nSPS) is 11.1. The van der Waals surface area contributed by atoms with E-state index in [9.17, 15) is 0 Å². The van der Waals surface area contributed by atoms with Crippen LogP contribution in [0.5, 0.6) is 5.75 Å². The van der Waals surface area contributed by atoms with Crippen LogP contribution in [-0.4, -0.2) is 11.2 Å². The van der Waals surface area contributed by atoms with Crippen molar-refractivity contribution in [1.82, 2.24) is 4.57 Å². The highest BCUT2D eigenvalue weighted by molar-refractivity contribution is 9.11. The van der Waals surface area contributed by atoms with E-state index in [-0.39, 0.29) is 0 Å². The van der Waals surface area contributed by atoms with Gasteiger partial charge in [0.25, 0.3) is 0 Å². The predicted molar refractivity (Wildman–Crippen MR) is 88.8 cm³/mol. The van der Waals surface area contributed by atoms with Crippen LogP contribution in [0.25, 0.3) is 10.9 Å². The third-order valence-electron chi connectivity index (χ3n) is 3.19. The largest absolute Gasteiger partial charge is 0.493 e. The zero-order valence-corrected chi connectivity index (χ0v) is 13.7. The van der Waals surface area contributed by atoms with Crippen LogP contribution in [0, 0.1) is 0 Å². The zero-order valence-electron chi connectivity index (χ0n) is 11.3. The van der Waals surface area contributed by atoms with E-state index in [4.69, 9.17) is 4.74 Å². The minimum atomic E-state index is 0.766. The summed E-state index contributed by atoms with van der Waals surface area (Å²) >= 11 is 5.29. The number of nitrogens with zero attached hydrogens (tertiary/aromatic N) is 1. The maximum atomic E-state index is 5.82. The number of hydrogen-bond acceptors (Lipinski definition) is 2. The molecule has 2 heterocycles. The summed E-state index contributed by atoms with van der Waals surface area (Å²) in [5.41, 5.74) is 1.23. The summed E-state index contributed by atoms with van der Waals surface area (Å²) in [7, 11) is 0. The Morgan fingerprint density at radius 2 is 2.10 bits per heavy atom. The molecule has 2 nitrogen and oxygen atoms in total. The first-order valence-corrected chi connectivity index (χ1v) is 8.33. The van der Waals surface area contributed by atoms with Gasteiger partial charge < -0.3 is 9.30 Å². The summed E-state index contributed by atoms with van der Waals surface area (Å²) in [5, 5.41) is 1.19. The molecular formula is C16H16BrNOS. The molecule has 0 bridgehead atoms. The van der Waals surface area contributed by atoms with E-state index in [1.807, 2.05) is 6.07 Å². The van der Waals surface area contributed by atoms with Crippen molar-refractivity contribution in [2.75, 3.05) is 6.61 Å². The second-order valence-corrected chi connectivity index (χ2v) is 7.23. The molecule has 0 fully saturated rings. The van der Waals surface area contributed by atoms with Crippen LogP contribution < -0.4 is 4.74 Å². The fraction of sp³-hybridized carbons (Fsp3) is 0.250. The number of aromatic nitrogens is 1. The molecule has 20 heavy (non-hydrogen) atoms. The van der Waals surface area contributed by atoms with E-state index in [0.717, 1.165) is 25.3 Å². The first-order chi connectivity index (χ1) is 9.78.